The summed E-state index contributed by atoms with van der Waals surface area (Å²) >= 11 is 0. The summed E-state index contributed by atoms with van der Waals surface area (Å²) in [4.78, 5) is 11.8. The van der Waals surface area contributed by atoms with Crippen LogP contribution in [0.25, 0.3) is 11.2 Å². The Morgan fingerprint density at radius 3 is 3.12 bits per heavy atom. The molecule has 1 atom stereocenters. The number of ether oxygens (including phenoxy) is 1. The molecule has 0 aliphatic heterocycles. The maximum absolute atomic E-state index is 5.98. The largest absolute Gasteiger partial charge is 0.385 e. The van der Waals surface area contributed by atoms with Gasteiger partial charge in [-0.3, -0.25) is 0 Å². The Bertz CT molecular complexity index is 480. The van der Waals surface area contributed by atoms with E-state index in [1.165, 1.54) is 0 Å². The fourth-order valence-corrected chi connectivity index (χ4v) is 1.58. The third-order valence-electron chi connectivity index (χ3n) is 2.48. The van der Waals surface area contributed by atoms with Gasteiger partial charge in [0.2, 0.25) is 0 Å². The lowest BCUT2D eigenvalue weighted by molar-refractivity contribution is 0.187. The van der Waals surface area contributed by atoms with Crippen LogP contribution in [0.15, 0.2) is 12.3 Å². The summed E-state index contributed by atoms with van der Waals surface area (Å²) in [6, 6.07) is 1.89. The summed E-state index contributed by atoms with van der Waals surface area (Å²) in [7, 11) is 1.66. The van der Waals surface area contributed by atoms with Crippen LogP contribution in [0.5, 0.6) is 0 Å². The van der Waals surface area contributed by atoms with Crippen LogP contribution in [0.4, 0.5) is 0 Å². The molecule has 0 radical (unpaired) electrons. The highest BCUT2D eigenvalue weighted by atomic mass is 16.5. The number of hydrogen-bond acceptors (Lipinski definition) is 4. The number of nitrogens with one attached hydrogen (secondary N) is 1. The second-order valence-corrected chi connectivity index (χ2v) is 3.89. The van der Waals surface area contributed by atoms with Gasteiger partial charge in [0.25, 0.3) is 0 Å². The highest BCUT2D eigenvalue weighted by molar-refractivity contribution is 5.71. The number of pyridine rings is 1. The lowest BCUT2D eigenvalue weighted by atomic mass is 10.2. The number of H-pyrrole nitrogens is 1. The van der Waals surface area contributed by atoms with Gasteiger partial charge in [0.05, 0.1) is 11.6 Å². The van der Waals surface area contributed by atoms with Gasteiger partial charge in [-0.05, 0) is 25.0 Å². The Balaban J connectivity index is 2.25. The molecule has 2 heterocycles. The summed E-state index contributed by atoms with van der Waals surface area (Å²) in [6.07, 6.45) is 2.54. The van der Waals surface area contributed by atoms with Gasteiger partial charge in [0.15, 0.2) is 5.65 Å². The first-order valence-electron chi connectivity index (χ1n) is 5.27. The zero-order chi connectivity index (χ0) is 11.5. The fraction of sp³-hybridized carbons (Fsp3) is 0.455. The van der Waals surface area contributed by atoms with Crippen LogP contribution in [-0.4, -0.2) is 28.7 Å². The molecule has 16 heavy (non-hydrogen) atoms. The van der Waals surface area contributed by atoms with E-state index in [1.807, 2.05) is 13.0 Å². The molecule has 0 aliphatic carbocycles. The maximum Gasteiger partial charge on any atom is 0.177 e. The second-order valence-electron chi connectivity index (χ2n) is 3.89. The molecule has 0 spiro atoms. The van der Waals surface area contributed by atoms with Crippen molar-refractivity contribution in [3.63, 3.8) is 0 Å². The topological polar surface area (TPSA) is 76.8 Å². The van der Waals surface area contributed by atoms with Crippen LogP contribution >= 0.6 is 0 Å². The van der Waals surface area contributed by atoms with Crippen molar-refractivity contribution in [1.29, 1.82) is 0 Å². The first kappa shape index (κ1) is 11.0. The summed E-state index contributed by atoms with van der Waals surface area (Å²) in [6.45, 7) is 2.63. The highest BCUT2D eigenvalue weighted by Gasteiger charge is 2.11. The highest BCUT2D eigenvalue weighted by Crippen LogP contribution is 2.15. The normalized spacial score (nSPS) is 13.2. The van der Waals surface area contributed by atoms with E-state index in [0.717, 1.165) is 23.3 Å². The fourth-order valence-electron chi connectivity index (χ4n) is 1.58. The number of rotatable bonds is 4. The van der Waals surface area contributed by atoms with Crippen molar-refractivity contribution in [3.8, 4) is 0 Å². The van der Waals surface area contributed by atoms with Gasteiger partial charge < -0.3 is 15.5 Å². The van der Waals surface area contributed by atoms with Crippen LogP contribution in [0, 0.1) is 6.92 Å². The van der Waals surface area contributed by atoms with E-state index in [1.54, 1.807) is 13.3 Å². The smallest absolute Gasteiger partial charge is 0.177 e. The van der Waals surface area contributed by atoms with E-state index in [9.17, 15) is 0 Å². The third kappa shape index (κ3) is 2.20. The predicted molar refractivity (Wildman–Crippen MR) is 62.0 cm³/mol. The molecular formula is C11H16N4O. The molecule has 5 heteroatoms. The molecule has 2 aromatic rings. The number of nitrogens with zero attached hydrogens (tertiary/aromatic N) is 2. The van der Waals surface area contributed by atoms with E-state index in [-0.39, 0.29) is 6.04 Å². The second kappa shape index (κ2) is 4.59. The molecule has 0 aliphatic rings. The average molecular weight is 220 g/mol. The van der Waals surface area contributed by atoms with Crippen LogP contribution in [0.1, 0.15) is 23.9 Å². The van der Waals surface area contributed by atoms with Crippen LogP contribution < -0.4 is 5.73 Å². The molecule has 0 amide bonds. The Kier molecular flexibility index (Phi) is 3.17. The van der Waals surface area contributed by atoms with Crippen molar-refractivity contribution in [2.75, 3.05) is 13.7 Å². The number of nitrogens with two attached hydrogens (primary N) is 1. The van der Waals surface area contributed by atoms with Crippen LogP contribution in [-0.2, 0) is 4.74 Å². The third-order valence-corrected chi connectivity index (χ3v) is 2.48. The van der Waals surface area contributed by atoms with Gasteiger partial charge in [-0.1, -0.05) is 0 Å². The van der Waals surface area contributed by atoms with E-state index in [0.29, 0.717) is 12.3 Å². The lowest BCUT2D eigenvalue weighted by Gasteiger charge is -2.06. The lowest BCUT2D eigenvalue weighted by Crippen LogP contribution is -2.14. The summed E-state index contributed by atoms with van der Waals surface area (Å²) in [5, 5.41) is 0. The van der Waals surface area contributed by atoms with E-state index in [4.69, 9.17) is 10.5 Å². The van der Waals surface area contributed by atoms with Gasteiger partial charge in [0.1, 0.15) is 5.82 Å². The molecule has 3 N–H and O–H groups in total. The van der Waals surface area contributed by atoms with E-state index >= 15 is 0 Å². The Morgan fingerprint density at radius 2 is 2.38 bits per heavy atom. The monoisotopic (exact) mass is 220 g/mol. The summed E-state index contributed by atoms with van der Waals surface area (Å²) in [5.74, 6) is 0.769. The molecule has 0 fully saturated rings. The van der Waals surface area contributed by atoms with Gasteiger partial charge in [-0.2, -0.15) is 0 Å². The predicted octanol–water partition coefficient (Wildman–Crippen LogP) is 1.30. The number of fused-ring (bicyclic) bond motifs is 1. The van der Waals surface area contributed by atoms with Crippen molar-refractivity contribution in [2.45, 2.75) is 19.4 Å². The van der Waals surface area contributed by atoms with E-state index in [2.05, 4.69) is 15.0 Å². The van der Waals surface area contributed by atoms with Crippen molar-refractivity contribution in [1.82, 2.24) is 15.0 Å². The van der Waals surface area contributed by atoms with Crippen LogP contribution in [0.2, 0.25) is 0 Å². The van der Waals surface area contributed by atoms with Crippen molar-refractivity contribution in [2.24, 2.45) is 5.73 Å². The SMILES string of the molecule is COCCC(N)c1nc2ncc(C)cc2[nH]1. The first-order chi connectivity index (χ1) is 7.70. The number of methoxy groups -OCH3 is 1. The summed E-state index contributed by atoms with van der Waals surface area (Å²) in [5.41, 5.74) is 8.74. The van der Waals surface area contributed by atoms with Crippen molar-refractivity contribution in [3.05, 3.63) is 23.7 Å². The number of imidazole rings is 1. The van der Waals surface area contributed by atoms with Gasteiger partial charge in [0, 0.05) is 19.9 Å². The Hall–Kier alpha value is -1.46. The van der Waals surface area contributed by atoms with Gasteiger partial charge >= 0.3 is 0 Å². The van der Waals surface area contributed by atoms with Gasteiger partial charge in [-0.15, -0.1) is 0 Å². The molecule has 2 rings (SSSR count). The van der Waals surface area contributed by atoms with Gasteiger partial charge in [-0.25, -0.2) is 9.97 Å². The minimum Gasteiger partial charge on any atom is -0.385 e. The number of aromatic nitrogens is 3. The first-order valence-corrected chi connectivity index (χ1v) is 5.27. The van der Waals surface area contributed by atoms with Crippen molar-refractivity contribution >= 4 is 11.2 Å². The molecule has 2 aromatic heterocycles. The number of hydrogen-bond donors (Lipinski definition) is 2. The molecule has 0 aromatic carbocycles. The molecule has 0 saturated heterocycles. The maximum atomic E-state index is 5.98. The molecular weight excluding hydrogens is 204 g/mol. The molecule has 0 bridgehead atoms. The van der Waals surface area contributed by atoms with Crippen LogP contribution in [0.3, 0.4) is 0 Å². The Labute approximate surface area is 94.0 Å². The van der Waals surface area contributed by atoms with E-state index < -0.39 is 0 Å². The number of aromatic amines is 1. The van der Waals surface area contributed by atoms with Crippen molar-refractivity contribution < 1.29 is 4.74 Å². The average Bonchev–Trinajstić information content (AvgIpc) is 2.68. The molecule has 86 valence electrons. The zero-order valence-electron chi connectivity index (χ0n) is 9.53. The summed E-state index contributed by atoms with van der Waals surface area (Å²) < 4.78 is 4.99. The quantitative estimate of drug-likeness (QED) is 0.814. The Morgan fingerprint density at radius 1 is 1.56 bits per heavy atom. The molecule has 5 nitrogen and oxygen atoms in total. The molecule has 0 saturated carbocycles. The molecule has 1 unspecified atom stereocenters. The zero-order valence-corrected chi connectivity index (χ0v) is 9.53. The minimum absolute atomic E-state index is 0.130. The number of aryl methyl sites for hydroxylation is 1. The standard InChI is InChI=1S/C11H16N4O/c1-7-5-9-11(13-6-7)15-10(14-9)8(12)3-4-16-2/h5-6,8H,3-4,12H2,1-2H3,(H,13,14,15). The minimum atomic E-state index is -0.130.